The third-order valence-electron chi connectivity index (χ3n) is 2.43. The van der Waals surface area contributed by atoms with Gasteiger partial charge in [0.05, 0.1) is 7.11 Å². The second kappa shape index (κ2) is 12.8. The lowest BCUT2D eigenvalue weighted by Gasteiger charge is -2.24. The highest BCUT2D eigenvalue weighted by molar-refractivity contribution is 7.80. The van der Waals surface area contributed by atoms with Crippen molar-refractivity contribution < 1.29 is 31.8 Å². The van der Waals surface area contributed by atoms with Crippen molar-refractivity contribution in [1.82, 2.24) is 0 Å². The summed E-state index contributed by atoms with van der Waals surface area (Å²) in [7, 11) is -3.29. The topological polar surface area (TPSA) is 170 Å². The maximum atomic E-state index is 10.7. The van der Waals surface area contributed by atoms with Gasteiger partial charge in [0, 0.05) is 5.57 Å². The normalized spacial score (nSPS) is 11.3. The van der Waals surface area contributed by atoms with Crippen LogP contribution in [0.2, 0.25) is 0 Å². The van der Waals surface area contributed by atoms with Crippen LogP contribution in [0.25, 0.3) is 0 Å². The van der Waals surface area contributed by atoms with Gasteiger partial charge in [-0.1, -0.05) is 26.5 Å². The molecule has 0 saturated heterocycles. The highest BCUT2D eigenvalue weighted by atomic mass is 32.3. The molecule has 23 heavy (non-hydrogen) atoms. The van der Waals surface area contributed by atoms with Crippen molar-refractivity contribution in [2.45, 2.75) is 27.2 Å². The molecular weight excluding hydrogens is 328 g/mol. The van der Waals surface area contributed by atoms with Crippen molar-refractivity contribution in [2.24, 2.45) is 16.9 Å². The predicted octanol–water partition coefficient (Wildman–Crippen LogP) is 0.486. The van der Waals surface area contributed by atoms with Crippen molar-refractivity contribution in [3.8, 4) is 0 Å². The molecule has 0 aromatic heterocycles. The molecule has 0 aromatic rings. The van der Waals surface area contributed by atoms with Crippen LogP contribution in [0.1, 0.15) is 27.2 Å². The molecule has 0 radical (unpaired) electrons. The molecule has 0 atom stereocenters. The number of nitrogens with two attached hydrogens (primary N) is 2. The summed E-state index contributed by atoms with van der Waals surface area (Å²) in [6.45, 7) is 9.12. The first-order chi connectivity index (χ1) is 10.3. The third kappa shape index (κ3) is 18.2. The van der Waals surface area contributed by atoms with Crippen LogP contribution in [0.4, 0.5) is 0 Å². The van der Waals surface area contributed by atoms with Gasteiger partial charge in [-0.2, -0.15) is 8.42 Å². The number of carbonyl (C=O) groups is 2. The van der Waals surface area contributed by atoms with Crippen LogP contribution in [-0.2, 0) is 24.2 Å². The summed E-state index contributed by atoms with van der Waals surface area (Å²) in [6, 6.07) is 0. The van der Waals surface area contributed by atoms with E-state index in [1.165, 1.54) is 0 Å². The minimum absolute atomic E-state index is 0.324. The van der Waals surface area contributed by atoms with Gasteiger partial charge in [0.25, 0.3) is 0 Å². The smallest absolute Gasteiger partial charge is 0.397 e. The van der Waals surface area contributed by atoms with Crippen LogP contribution in [0.5, 0.6) is 0 Å². The van der Waals surface area contributed by atoms with Gasteiger partial charge in [-0.25, -0.2) is 4.79 Å². The Bertz CT molecular complexity index is 510. The van der Waals surface area contributed by atoms with Gasteiger partial charge in [0.2, 0.25) is 5.91 Å². The van der Waals surface area contributed by atoms with E-state index in [-0.39, 0.29) is 5.41 Å². The van der Waals surface area contributed by atoms with E-state index in [0.29, 0.717) is 18.5 Å². The molecule has 9 nitrogen and oxygen atoms in total. The summed E-state index contributed by atoms with van der Waals surface area (Å²) in [6.07, 6.45) is 3.39. The summed E-state index contributed by atoms with van der Waals surface area (Å²) in [5, 5.41) is 8.83. The van der Waals surface area contributed by atoms with E-state index in [0.717, 1.165) is 13.2 Å². The number of amides is 1. The fourth-order valence-electron chi connectivity index (χ4n) is 1.30. The molecule has 0 unspecified atom stereocenters. The van der Waals surface area contributed by atoms with Gasteiger partial charge in [-0.3, -0.25) is 13.5 Å². The van der Waals surface area contributed by atoms with E-state index >= 15 is 0 Å². The zero-order valence-corrected chi connectivity index (χ0v) is 14.6. The molecule has 10 heteroatoms. The number of carboxylic acids is 1. The van der Waals surface area contributed by atoms with Gasteiger partial charge in [0.15, 0.2) is 0 Å². The fraction of sp³-hybridized carbons (Fsp3) is 0.538. The van der Waals surface area contributed by atoms with E-state index < -0.39 is 22.3 Å². The number of hydrogen-bond acceptors (Lipinski definition) is 6. The molecule has 0 aliphatic rings. The van der Waals surface area contributed by atoms with Crippen LogP contribution in [0.3, 0.4) is 0 Å². The Morgan fingerprint density at radius 3 is 1.83 bits per heavy atom. The fourth-order valence-corrected chi connectivity index (χ4v) is 1.30. The van der Waals surface area contributed by atoms with E-state index in [1.807, 2.05) is 13.8 Å². The Hall–Kier alpha value is -1.75. The van der Waals surface area contributed by atoms with Crippen molar-refractivity contribution in [3.63, 3.8) is 0 Å². The van der Waals surface area contributed by atoms with Crippen molar-refractivity contribution in [1.29, 1.82) is 0 Å². The summed E-state index contributed by atoms with van der Waals surface area (Å²) in [5.41, 5.74) is 10.0. The summed E-state index contributed by atoms with van der Waals surface area (Å²) < 4.78 is 29.7. The molecule has 0 bridgehead atoms. The summed E-state index contributed by atoms with van der Waals surface area (Å²) >= 11 is 0. The standard InChI is InChI=1S/C9H17NO2.C3H5NO.CH4O4S/c1-4-7(8(11)12)9(2,3)5-6-10;1-2-3(4)5;1-5-6(2,3)4/h4H,5-6,10H2,1-3H3,(H,11,12);2H,1H2,(H2,4,5);1H3,(H,2,3,4). The Morgan fingerprint density at radius 1 is 1.35 bits per heavy atom. The first-order valence-electron chi connectivity index (χ1n) is 6.34. The molecule has 0 aliphatic heterocycles. The lowest BCUT2D eigenvalue weighted by atomic mass is 9.81. The maximum absolute atomic E-state index is 10.7. The van der Waals surface area contributed by atoms with Gasteiger partial charge < -0.3 is 16.6 Å². The molecule has 0 spiro atoms. The minimum atomic E-state index is -4.16. The van der Waals surface area contributed by atoms with Gasteiger partial charge in [0.1, 0.15) is 0 Å². The molecule has 1 amide bonds. The zero-order valence-electron chi connectivity index (χ0n) is 13.8. The van der Waals surface area contributed by atoms with E-state index in [1.54, 1.807) is 13.0 Å². The van der Waals surface area contributed by atoms with Gasteiger partial charge in [-0.05, 0) is 31.4 Å². The first kappa shape index (κ1) is 26.2. The molecule has 0 fully saturated rings. The lowest BCUT2D eigenvalue weighted by molar-refractivity contribution is -0.133. The monoisotopic (exact) mass is 354 g/mol. The van der Waals surface area contributed by atoms with Gasteiger partial charge >= 0.3 is 16.4 Å². The Morgan fingerprint density at radius 2 is 1.70 bits per heavy atom. The predicted molar refractivity (Wildman–Crippen MR) is 86.8 cm³/mol. The van der Waals surface area contributed by atoms with Crippen molar-refractivity contribution >= 4 is 22.3 Å². The highest BCUT2D eigenvalue weighted by Crippen LogP contribution is 2.29. The first-order valence-corrected chi connectivity index (χ1v) is 7.70. The Kier molecular flexibility index (Phi) is 14.5. The zero-order chi connectivity index (χ0) is 19.3. The second-order valence-corrected chi connectivity index (χ2v) is 5.82. The Balaban J connectivity index is -0.000000303. The number of hydrogen-bond donors (Lipinski definition) is 4. The van der Waals surface area contributed by atoms with E-state index in [4.69, 9.17) is 15.4 Å². The molecule has 0 rings (SSSR count). The number of carbonyl (C=O) groups excluding carboxylic acids is 1. The molecule has 0 aliphatic carbocycles. The highest BCUT2D eigenvalue weighted by Gasteiger charge is 2.26. The molecular formula is C13H26N2O7S. The molecule has 136 valence electrons. The lowest BCUT2D eigenvalue weighted by Crippen LogP contribution is -2.24. The van der Waals surface area contributed by atoms with E-state index in [9.17, 15) is 18.0 Å². The maximum Gasteiger partial charge on any atom is 0.397 e. The SMILES string of the molecule is C=CC(N)=O.CC=C(C(=O)O)C(C)(C)CCN.COS(=O)(=O)O. The Labute approximate surface area is 136 Å². The van der Waals surface area contributed by atoms with Gasteiger partial charge in [-0.15, -0.1) is 0 Å². The number of carboxylic acid groups (broad SMARTS) is 1. The summed E-state index contributed by atoms with van der Waals surface area (Å²) in [4.78, 5) is 20.2. The molecule has 0 heterocycles. The number of aliphatic carboxylic acids is 1. The second-order valence-electron chi connectivity index (χ2n) is 4.63. The molecule has 0 aromatic carbocycles. The average Bonchev–Trinajstić information content (AvgIpc) is 2.39. The average molecular weight is 354 g/mol. The van der Waals surface area contributed by atoms with E-state index in [2.05, 4.69) is 16.5 Å². The number of primary amides is 1. The van der Waals surface area contributed by atoms with Crippen LogP contribution in [0, 0.1) is 5.41 Å². The van der Waals surface area contributed by atoms with Crippen LogP contribution in [0.15, 0.2) is 24.3 Å². The van der Waals surface area contributed by atoms with Crippen molar-refractivity contribution in [2.75, 3.05) is 13.7 Å². The third-order valence-corrected chi connectivity index (χ3v) is 2.85. The number of rotatable bonds is 6. The largest absolute Gasteiger partial charge is 0.478 e. The van der Waals surface area contributed by atoms with Crippen LogP contribution < -0.4 is 11.5 Å². The van der Waals surface area contributed by atoms with Crippen molar-refractivity contribution in [3.05, 3.63) is 24.3 Å². The summed E-state index contributed by atoms with van der Waals surface area (Å²) in [5.74, 6) is -1.33. The quantitative estimate of drug-likeness (QED) is 0.394. The number of allylic oxidation sites excluding steroid dienone is 1. The molecule has 0 saturated carbocycles. The minimum Gasteiger partial charge on any atom is -0.478 e. The van der Waals surface area contributed by atoms with Crippen LogP contribution >= 0.6 is 0 Å². The molecule has 6 N–H and O–H groups in total. The van der Waals surface area contributed by atoms with Crippen LogP contribution in [-0.4, -0.2) is 43.6 Å².